The highest BCUT2D eigenvalue weighted by atomic mass is 35.5. The average molecular weight is 244 g/mol. The molecule has 16 heavy (non-hydrogen) atoms. The number of hydrogen-bond donors (Lipinski definition) is 1. The number of allylic oxidation sites excluding steroid dienone is 1. The Morgan fingerprint density at radius 3 is 2.94 bits per heavy atom. The lowest BCUT2D eigenvalue weighted by atomic mass is 10.2. The summed E-state index contributed by atoms with van der Waals surface area (Å²) in [7, 11) is 1.93. The van der Waals surface area contributed by atoms with Crippen LogP contribution in [0.3, 0.4) is 0 Å². The molecule has 0 bridgehead atoms. The van der Waals surface area contributed by atoms with Gasteiger partial charge in [0.1, 0.15) is 0 Å². The van der Waals surface area contributed by atoms with E-state index in [1.807, 2.05) is 13.1 Å². The molecule has 90 valence electrons. The van der Waals surface area contributed by atoms with Crippen LogP contribution in [0, 0.1) is 5.92 Å². The number of aromatic nitrogens is 2. The molecule has 4 nitrogen and oxygen atoms in total. The van der Waals surface area contributed by atoms with E-state index in [0.717, 1.165) is 18.2 Å². The molecule has 2 rings (SSSR count). The molecule has 5 heteroatoms. The van der Waals surface area contributed by atoms with Crippen LogP contribution in [-0.2, 0) is 6.42 Å². The number of halogens is 1. The maximum absolute atomic E-state index is 5.11. The van der Waals surface area contributed by atoms with Crippen molar-refractivity contribution in [1.82, 2.24) is 15.5 Å². The minimum atomic E-state index is 0. The summed E-state index contributed by atoms with van der Waals surface area (Å²) in [6.07, 6.45) is 7.48. The molecule has 0 aromatic carbocycles. The van der Waals surface area contributed by atoms with Crippen LogP contribution in [0.5, 0.6) is 0 Å². The standard InChI is InChI=1S/C11H17N3O.ClH/c1-8(12-2)7-10-13-11(15-14-10)6-5-9-3-4-9;/h5-6,8-9,12H,3-4,7H2,1-2H3;1H/b6-5+;. The molecule has 1 aromatic heterocycles. The zero-order valence-corrected chi connectivity index (χ0v) is 10.5. The molecule has 1 aliphatic carbocycles. The molecule has 0 amide bonds. The first-order valence-electron chi connectivity index (χ1n) is 5.46. The van der Waals surface area contributed by atoms with Crippen molar-refractivity contribution < 1.29 is 4.52 Å². The molecule has 0 aliphatic heterocycles. The fourth-order valence-corrected chi connectivity index (χ4v) is 1.30. The Bertz CT molecular complexity index is 347. The first-order valence-corrected chi connectivity index (χ1v) is 5.46. The SMILES string of the molecule is CNC(C)Cc1noc(/C=C/C2CC2)n1.Cl. The number of hydrogen-bond acceptors (Lipinski definition) is 4. The lowest BCUT2D eigenvalue weighted by molar-refractivity contribution is 0.399. The van der Waals surface area contributed by atoms with Crippen molar-refractivity contribution in [2.75, 3.05) is 7.05 Å². The van der Waals surface area contributed by atoms with Gasteiger partial charge in [0.25, 0.3) is 0 Å². The molecule has 0 radical (unpaired) electrons. The van der Waals surface area contributed by atoms with Crippen LogP contribution in [0.2, 0.25) is 0 Å². The molecule has 0 saturated heterocycles. The van der Waals surface area contributed by atoms with Gasteiger partial charge in [0.2, 0.25) is 5.89 Å². The van der Waals surface area contributed by atoms with Gasteiger partial charge in [-0.05, 0) is 38.8 Å². The van der Waals surface area contributed by atoms with Gasteiger partial charge in [-0.2, -0.15) is 4.98 Å². The van der Waals surface area contributed by atoms with Crippen LogP contribution in [0.15, 0.2) is 10.6 Å². The van der Waals surface area contributed by atoms with E-state index >= 15 is 0 Å². The highest BCUT2D eigenvalue weighted by molar-refractivity contribution is 5.85. The third-order valence-electron chi connectivity index (χ3n) is 2.60. The second-order valence-corrected chi connectivity index (χ2v) is 4.14. The quantitative estimate of drug-likeness (QED) is 0.860. The predicted molar refractivity (Wildman–Crippen MR) is 65.5 cm³/mol. The Morgan fingerprint density at radius 2 is 2.31 bits per heavy atom. The third kappa shape index (κ3) is 3.94. The number of nitrogens with one attached hydrogen (secondary N) is 1. The van der Waals surface area contributed by atoms with Crippen molar-refractivity contribution in [3.05, 3.63) is 17.8 Å². The average Bonchev–Trinajstić information content (AvgIpc) is 2.97. The lowest BCUT2D eigenvalue weighted by Crippen LogP contribution is -2.24. The zero-order valence-electron chi connectivity index (χ0n) is 9.64. The van der Waals surface area contributed by atoms with E-state index in [0.29, 0.717) is 11.9 Å². The van der Waals surface area contributed by atoms with Gasteiger partial charge < -0.3 is 9.84 Å². The van der Waals surface area contributed by atoms with Crippen molar-refractivity contribution >= 4 is 18.5 Å². The first-order chi connectivity index (χ1) is 7.28. The van der Waals surface area contributed by atoms with Crippen LogP contribution in [-0.4, -0.2) is 23.2 Å². The van der Waals surface area contributed by atoms with Crippen molar-refractivity contribution in [2.24, 2.45) is 5.92 Å². The maximum atomic E-state index is 5.11. The summed E-state index contributed by atoms with van der Waals surface area (Å²) in [5, 5.41) is 7.07. The van der Waals surface area contributed by atoms with Gasteiger partial charge in [0.15, 0.2) is 5.82 Å². The zero-order chi connectivity index (χ0) is 10.7. The predicted octanol–water partition coefficient (Wildman–Crippen LogP) is 2.06. The Morgan fingerprint density at radius 1 is 1.56 bits per heavy atom. The number of likely N-dealkylation sites (N-methyl/N-ethyl adjacent to an activating group) is 1. The van der Waals surface area contributed by atoms with E-state index in [4.69, 9.17) is 4.52 Å². The second-order valence-electron chi connectivity index (χ2n) is 4.14. The summed E-state index contributed by atoms with van der Waals surface area (Å²) in [4.78, 5) is 4.29. The van der Waals surface area contributed by atoms with Crippen LogP contribution in [0.1, 0.15) is 31.5 Å². The Balaban J connectivity index is 0.00000128. The summed E-state index contributed by atoms with van der Waals surface area (Å²) in [6.45, 7) is 2.09. The molecule has 1 aliphatic rings. The van der Waals surface area contributed by atoms with E-state index in [1.54, 1.807) is 0 Å². The summed E-state index contributed by atoms with van der Waals surface area (Å²) < 4.78 is 5.11. The molecule has 1 saturated carbocycles. The fraction of sp³-hybridized carbons (Fsp3) is 0.636. The van der Waals surface area contributed by atoms with Crippen LogP contribution >= 0.6 is 12.4 Å². The van der Waals surface area contributed by atoms with Crippen LogP contribution in [0.4, 0.5) is 0 Å². The first kappa shape index (κ1) is 13.2. The molecule has 1 N–H and O–H groups in total. The second kappa shape index (κ2) is 6.01. The Kier molecular flexibility index (Phi) is 4.96. The van der Waals surface area contributed by atoms with Crippen LogP contribution < -0.4 is 5.32 Å². The van der Waals surface area contributed by atoms with E-state index in [2.05, 4.69) is 28.5 Å². The number of rotatable bonds is 5. The molecule has 1 atom stereocenters. The molecule has 1 heterocycles. The van der Waals surface area contributed by atoms with Crippen molar-refractivity contribution in [3.63, 3.8) is 0 Å². The van der Waals surface area contributed by atoms with Gasteiger partial charge in [-0.1, -0.05) is 11.2 Å². The van der Waals surface area contributed by atoms with E-state index in [-0.39, 0.29) is 12.4 Å². The topological polar surface area (TPSA) is 51.0 Å². The smallest absolute Gasteiger partial charge is 0.250 e. The minimum Gasteiger partial charge on any atom is -0.335 e. The van der Waals surface area contributed by atoms with Gasteiger partial charge in [0.05, 0.1) is 0 Å². The van der Waals surface area contributed by atoms with Gasteiger partial charge in [-0.15, -0.1) is 12.4 Å². The van der Waals surface area contributed by atoms with Crippen molar-refractivity contribution in [2.45, 2.75) is 32.2 Å². The summed E-state index contributed by atoms with van der Waals surface area (Å²) in [5.74, 6) is 2.14. The molecule has 0 spiro atoms. The third-order valence-corrected chi connectivity index (χ3v) is 2.60. The summed E-state index contributed by atoms with van der Waals surface area (Å²) in [5.41, 5.74) is 0. The van der Waals surface area contributed by atoms with Crippen molar-refractivity contribution in [1.29, 1.82) is 0 Å². The van der Waals surface area contributed by atoms with Gasteiger partial charge in [-0.3, -0.25) is 0 Å². The van der Waals surface area contributed by atoms with E-state index in [9.17, 15) is 0 Å². The van der Waals surface area contributed by atoms with Gasteiger partial charge in [-0.25, -0.2) is 0 Å². The molecule has 1 aromatic rings. The largest absolute Gasteiger partial charge is 0.335 e. The number of nitrogens with zero attached hydrogens (tertiary/aromatic N) is 2. The van der Waals surface area contributed by atoms with Crippen LogP contribution in [0.25, 0.3) is 6.08 Å². The van der Waals surface area contributed by atoms with Gasteiger partial charge in [0, 0.05) is 12.5 Å². The van der Waals surface area contributed by atoms with E-state index < -0.39 is 0 Å². The highest BCUT2D eigenvalue weighted by Gasteiger charge is 2.17. The summed E-state index contributed by atoms with van der Waals surface area (Å²) >= 11 is 0. The molecule has 1 unspecified atom stereocenters. The fourth-order valence-electron chi connectivity index (χ4n) is 1.30. The molecular weight excluding hydrogens is 226 g/mol. The highest BCUT2D eigenvalue weighted by Crippen LogP contribution is 2.30. The summed E-state index contributed by atoms with van der Waals surface area (Å²) in [6, 6.07) is 0.378. The van der Waals surface area contributed by atoms with Gasteiger partial charge >= 0.3 is 0 Å². The molecular formula is C11H18ClN3O. The molecule has 1 fully saturated rings. The minimum absolute atomic E-state index is 0. The van der Waals surface area contributed by atoms with Crippen molar-refractivity contribution in [3.8, 4) is 0 Å². The van der Waals surface area contributed by atoms with E-state index in [1.165, 1.54) is 12.8 Å². The monoisotopic (exact) mass is 243 g/mol. The Labute approximate surface area is 102 Å². The normalized spacial score (nSPS) is 17.4. The lowest BCUT2D eigenvalue weighted by Gasteiger charge is -2.04. The Hall–Kier alpha value is -0.870. The maximum Gasteiger partial charge on any atom is 0.250 e.